The minimum atomic E-state index is -1.59. The van der Waals surface area contributed by atoms with Gasteiger partial charge in [0.15, 0.2) is 0 Å². The maximum atomic E-state index is 9.84. The van der Waals surface area contributed by atoms with Crippen molar-refractivity contribution in [2.45, 2.75) is 13.3 Å². The Kier molecular flexibility index (Phi) is 6.80. The largest absolute Gasteiger partial charge is 2.00 e. The van der Waals surface area contributed by atoms with Crippen LogP contribution >= 0.6 is 0 Å². The molecule has 0 N–H and O–H groups in total. The molecule has 0 aliphatic carbocycles. The average molecular weight is 154 g/mol. The number of hydrogen-bond donors (Lipinski definition) is 0. The SMILES string of the molecule is CCC(C(=O)[O-])C(=O)[O-].[Mg+2]. The Hall–Kier alpha value is -0.294. The Morgan fingerprint density at radius 2 is 1.60 bits per heavy atom. The molecule has 0 spiro atoms. The van der Waals surface area contributed by atoms with Crippen molar-refractivity contribution in [1.29, 1.82) is 0 Å². The van der Waals surface area contributed by atoms with Crippen molar-refractivity contribution < 1.29 is 19.8 Å². The van der Waals surface area contributed by atoms with E-state index < -0.39 is 17.9 Å². The third kappa shape index (κ3) is 3.68. The molecule has 10 heavy (non-hydrogen) atoms. The zero-order valence-electron chi connectivity index (χ0n) is 5.62. The Labute approximate surface area is 74.4 Å². The van der Waals surface area contributed by atoms with E-state index in [0.717, 1.165) is 0 Å². The van der Waals surface area contributed by atoms with Crippen LogP contribution in [0.15, 0.2) is 0 Å². The minimum Gasteiger partial charge on any atom is -0.549 e. The summed E-state index contributed by atoms with van der Waals surface area (Å²) in [4.78, 5) is 19.7. The van der Waals surface area contributed by atoms with Gasteiger partial charge in [-0.05, 0) is 6.42 Å². The number of carboxylic acid groups (broad SMARTS) is 2. The van der Waals surface area contributed by atoms with Gasteiger partial charge in [0.05, 0.1) is 11.9 Å². The van der Waals surface area contributed by atoms with Crippen molar-refractivity contribution in [2.75, 3.05) is 0 Å². The summed E-state index contributed by atoms with van der Waals surface area (Å²) >= 11 is 0. The first-order chi connectivity index (χ1) is 4.09. The van der Waals surface area contributed by atoms with Gasteiger partial charge in [0.25, 0.3) is 0 Å². The van der Waals surface area contributed by atoms with E-state index in [-0.39, 0.29) is 29.5 Å². The van der Waals surface area contributed by atoms with Gasteiger partial charge in [-0.2, -0.15) is 0 Å². The second-order valence-corrected chi connectivity index (χ2v) is 1.60. The van der Waals surface area contributed by atoms with E-state index in [4.69, 9.17) is 0 Å². The molecule has 0 bridgehead atoms. The Morgan fingerprint density at radius 1 is 1.30 bits per heavy atom. The van der Waals surface area contributed by atoms with Gasteiger partial charge in [-0.15, -0.1) is 0 Å². The van der Waals surface area contributed by atoms with Crippen molar-refractivity contribution >= 4 is 35.0 Å². The fourth-order valence-corrected chi connectivity index (χ4v) is 0.430. The molecule has 0 aliphatic rings. The molecule has 0 atom stereocenters. The molecule has 0 aliphatic heterocycles. The van der Waals surface area contributed by atoms with Gasteiger partial charge in [-0.1, -0.05) is 6.92 Å². The van der Waals surface area contributed by atoms with Crippen molar-refractivity contribution in [3.05, 3.63) is 0 Å². The second-order valence-electron chi connectivity index (χ2n) is 1.60. The summed E-state index contributed by atoms with van der Waals surface area (Å²) in [6, 6.07) is 0. The van der Waals surface area contributed by atoms with E-state index in [2.05, 4.69) is 0 Å². The van der Waals surface area contributed by atoms with Crippen LogP contribution in [0.2, 0.25) is 0 Å². The monoisotopic (exact) mass is 154 g/mol. The first kappa shape index (κ1) is 12.4. The Balaban J connectivity index is 0. The first-order valence-electron chi connectivity index (χ1n) is 2.51. The zero-order chi connectivity index (χ0) is 7.44. The summed E-state index contributed by atoms with van der Waals surface area (Å²) in [5.41, 5.74) is 0. The number of aliphatic carboxylic acids is 2. The van der Waals surface area contributed by atoms with Gasteiger partial charge in [0.2, 0.25) is 0 Å². The van der Waals surface area contributed by atoms with Crippen LogP contribution in [0, 0.1) is 5.92 Å². The van der Waals surface area contributed by atoms with Crippen LogP contribution in [0.3, 0.4) is 0 Å². The molecule has 0 heterocycles. The van der Waals surface area contributed by atoms with E-state index in [0.29, 0.717) is 0 Å². The number of hydrogen-bond acceptors (Lipinski definition) is 4. The standard InChI is InChI=1S/C5H8O4.Mg/c1-2-3(4(6)7)5(8)9;/h3H,2H2,1H3,(H,6,7)(H,8,9);/q;+2/p-2. The summed E-state index contributed by atoms with van der Waals surface area (Å²) in [6.45, 7) is 1.44. The van der Waals surface area contributed by atoms with Crippen LogP contribution in [-0.2, 0) is 9.59 Å². The van der Waals surface area contributed by atoms with E-state index in [1.165, 1.54) is 6.92 Å². The fraction of sp³-hybridized carbons (Fsp3) is 0.600. The van der Waals surface area contributed by atoms with Crippen LogP contribution in [0.25, 0.3) is 0 Å². The van der Waals surface area contributed by atoms with Gasteiger partial charge in [0.1, 0.15) is 0 Å². The summed E-state index contributed by atoms with van der Waals surface area (Å²) in [6.07, 6.45) is 0.00463. The number of carbonyl (C=O) groups excluding carboxylic acids is 2. The number of carboxylic acids is 2. The fourth-order valence-electron chi connectivity index (χ4n) is 0.430. The average Bonchev–Trinajstić information content (AvgIpc) is 1.64. The van der Waals surface area contributed by atoms with E-state index in [1.807, 2.05) is 0 Å². The molecule has 52 valence electrons. The van der Waals surface area contributed by atoms with Crippen molar-refractivity contribution in [3.63, 3.8) is 0 Å². The van der Waals surface area contributed by atoms with Gasteiger partial charge < -0.3 is 19.8 Å². The summed E-state index contributed by atoms with van der Waals surface area (Å²) in [5.74, 6) is -4.64. The van der Waals surface area contributed by atoms with Gasteiger partial charge in [-0.3, -0.25) is 0 Å². The van der Waals surface area contributed by atoms with E-state index in [1.54, 1.807) is 0 Å². The van der Waals surface area contributed by atoms with Crippen LogP contribution in [0.1, 0.15) is 13.3 Å². The predicted molar refractivity (Wildman–Crippen MR) is 29.5 cm³/mol. The molecular weight excluding hydrogens is 148 g/mol. The van der Waals surface area contributed by atoms with Crippen molar-refractivity contribution in [3.8, 4) is 0 Å². The summed E-state index contributed by atoms with van der Waals surface area (Å²) in [7, 11) is 0. The molecule has 0 saturated heterocycles. The molecule has 0 saturated carbocycles. The molecule has 5 heteroatoms. The normalized spacial score (nSPS) is 8.60. The summed E-state index contributed by atoms with van der Waals surface area (Å²) < 4.78 is 0. The van der Waals surface area contributed by atoms with Crippen LogP contribution in [0.4, 0.5) is 0 Å². The summed E-state index contributed by atoms with van der Waals surface area (Å²) in [5, 5.41) is 19.7. The van der Waals surface area contributed by atoms with Gasteiger partial charge >= 0.3 is 23.1 Å². The topological polar surface area (TPSA) is 80.3 Å². The van der Waals surface area contributed by atoms with Crippen LogP contribution in [0.5, 0.6) is 0 Å². The number of carbonyl (C=O) groups is 2. The molecule has 0 unspecified atom stereocenters. The quantitative estimate of drug-likeness (QED) is 0.323. The maximum absolute atomic E-state index is 9.84. The molecule has 0 amide bonds. The molecule has 4 nitrogen and oxygen atoms in total. The first-order valence-corrected chi connectivity index (χ1v) is 2.51. The molecule has 0 aromatic heterocycles. The molecule has 0 fully saturated rings. The van der Waals surface area contributed by atoms with Crippen LogP contribution in [-0.4, -0.2) is 35.0 Å². The third-order valence-corrected chi connectivity index (χ3v) is 0.977. The van der Waals surface area contributed by atoms with E-state index in [9.17, 15) is 19.8 Å². The van der Waals surface area contributed by atoms with Gasteiger partial charge in [0, 0.05) is 5.92 Å². The maximum Gasteiger partial charge on any atom is 2.00 e. The molecule has 0 rings (SSSR count). The second kappa shape index (κ2) is 5.49. The Bertz CT molecular complexity index is 120. The molecule has 0 aromatic rings. The molecule has 0 radical (unpaired) electrons. The zero-order valence-corrected chi connectivity index (χ0v) is 7.04. The minimum absolute atomic E-state index is 0. The van der Waals surface area contributed by atoms with Crippen molar-refractivity contribution in [2.24, 2.45) is 5.92 Å². The van der Waals surface area contributed by atoms with Crippen molar-refractivity contribution in [1.82, 2.24) is 0 Å². The number of rotatable bonds is 3. The third-order valence-electron chi connectivity index (χ3n) is 0.977. The predicted octanol–water partition coefficient (Wildman–Crippen LogP) is -2.87. The molecular formula is C5H6MgO4. The van der Waals surface area contributed by atoms with E-state index >= 15 is 0 Å². The van der Waals surface area contributed by atoms with Crippen LogP contribution < -0.4 is 10.2 Å². The smallest absolute Gasteiger partial charge is 0.549 e. The van der Waals surface area contributed by atoms with Gasteiger partial charge in [-0.25, -0.2) is 0 Å². The molecule has 0 aromatic carbocycles. The Morgan fingerprint density at radius 3 is 1.60 bits per heavy atom.